The molecule has 116 valence electrons. The van der Waals surface area contributed by atoms with Crippen LogP contribution in [0.5, 0.6) is 0 Å². The van der Waals surface area contributed by atoms with Crippen molar-refractivity contribution in [3.8, 4) is 0 Å². The topological polar surface area (TPSA) is 88.8 Å². The summed E-state index contributed by atoms with van der Waals surface area (Å²) in [6.07, 6.45) is 4.75. The molecular formula is C15H12Cl2N6. The van der Waals surface area contributed by atoms with Gasteiger partial charge in [-0.3, -0.25) is 4.98 Å². The van der Waals surface area contributed by atoms with E-state index >= 15 is 0 Å². The summed E-state index contributed by atoms with van der Waals surface area (Å²) in [5.74, 6) is 0.910. The molecule has 0 amide bonds. The van der Waals surface area contributed by atoms with Gasteiger partial charge in [0.25, 0.3) is 0 Å². The Morgan fingerprint density at radius 2 is 1.61 bits per heavy atom. The third-order valence-corrected chi connectivity index (χ3v) is 3.57. The summed E-state index contributed by atoms with van der Waals surface area (Å²) in [6, 6.07) is 8.71. The number of hydrogen-bond donors (Lipinski definition) is 3. The number of nitrogens with zero attached hydrogens (tertiary/aromatic N) is 3. The number of nitrogens with one attached hydrogen (secondary N) is 2. The van der Waals surface area contributed by atoms with Gasteiger partial charge >= 0.3 is 0 Å². The van der Waals surface area contributed by atoms with Gasteiger partial charge < -0.3 is 16.4 Å². The Balaban J connectivity index is 1.89. The summed E-state index contributed by atoms with van der Waals surface area (Å²) in [4.78, 5) is 12.3. The van der Waals surface area contributed by atoms with Crippen LogP contribution in [0.25, 0.3) is 0 Å². The van der Waals surface area contributed by atoms with E-state index in [9.17, 15) is 0 Å². The van der Waals surface area contributed by atoms with Crippen LogP contribution in [-0.4, -0.2) is 15.0 Å². The fourth-order valence-corrected chi connectivity index (χ4v) is 2.22. The van der Waals surface area contributed by atoms with Crippen LogP contribution in [-0.2, 0) is 0 Å². The van der Waals surface area contributed by atoms with Crippen molar-refractivity contribution >= 4 is 51.9 Å². The van der Waals surface area contributed by atoms with Crippen LogP contribution in [0.2, 0.25) is 10.0 Å². The molecule has 0 unspecified atom stereocenters. The van der Waals surface area contributed by atoms with E-state index in [-0.39, 0.29) is 0 Å². The van der Waals surface area contributed by atoms with Crippen LogP contribution in [0.15, 0.2) is 49.1 Å². The van der Waals surface area contributed by atoms with Crippen LogP contribution in [0, 0.1) is 0 Å². The normalized spacial score (nSPS) is 10.3. The molecule has 0 aliphatic carbocycles. The first-order chi connectivity index (χ1) is 11.1. The molecule has 0 fully saturated rings. The lowest BCUT2D eigenvalue weighted by molar-refractivity contribution is 1.17. The molecule has 6 nitrogen and oxygen atoms in total. The van der Waals surface area contributed by atoms with E-state index in [1.807, 2.05) is 12.1 Å². The molecule has 3 rings (SSSR count). The maximum atomic E-state index is 6.14. The zero-order chi connectivity index (χ0) is 16.2. The summed E-state index contributed by atoms with van der Waals surface area (Å²) in [7, 11) is 0. The van der Waals surface area contributed by atoms with Gasteiger partial charge in [0.2, 0.25) is 0 Å². The van der Waals surface area contributed by atoms with Gasteiger partial charge in [-0.2, -0.15) is 0 Å². The van der Waals surface area contributed by atoms with Gasteiger partial charge in [0.1, 0.15) is 12.0 Å². The van der Waals surface area contributed by atoms with Crippen molar-refractivity contribution in [1.82, 2.24) is 15.0 Å². The summed E-state index contributed by atoms with van der Waals surface area (Å²) in [5, 5.41) is 7.24. The second kappa shape index (κ2) is 6.68. The zero-order valence-electron chi connectivity index (χ0n) is 11.8. The first-order valence-electron chi connectivity index (χ1n) is 6.63. The minimum atomic E-state index is 0.361. The largest absolute Gasteiger partial charge is 0.393 e. The minimum Gasteiger partial charge on any atom is -0.393 e. The van der Waals surface area contributed by atoms with E-state index in [1.165, 1.54) is 6.33 Å². The van der Waals surface area contributed by atoms with E-state index in [2.05, 4.69) is 25.6 Å². The van der Waals surface area contributed by atoms with Crippen molar-refractivity contribution in [2.75, 3.05) is 16.4 Å². The molecule has 2 aromatic heterocycles. The van der Waals surface area contributed by atoms with Gasteiger partial charge in [0.15, 0.2) is 11.6 Å². The molecule has 0 atom stereocenters. The molecule has 23 heavy (non-hydrogen) atoms. The maximum Gasteiger partial charge on any atom is 0.159 e. The lowest BCUT2D eigenvalue weighted by atomic mass is 10.3. The second-order valence-electron chi connectivity index (χ2n) is 4.59. The Morgan fingerprint density at radius 1 is 0.913 bits per heavy atom. The first kappa shape index (κ1) is 15.3. The standard InChI is InChI=1S/C15H12Cl2N6/c16-9-1-2-11(17)12(7-9)23-15-13(18)14(20-8-21-15)22-10-3-5-19-6-4-10/h1-8H,18H2,(H2,19,20,21,22,23). The van der Waals surface area contributed by atoms with Crippen molar-refractivity contribution in [2.45, 2.75) is 0 Å². The second-order valence-corrected chi connectivity index (χ2v) is 5.44. The third kappa shape index (κ3) is 3.61. The average molecular weight is 347 g/mol. The van der Waals surface area contributed by atoms with E-state index in [4.69, 9.17) is 28.9 Å². The number of halogens is 2. The maximum absolute atomic E-state index is 6.14. The predicted octanol–water partition coefficient (Wildman–Crippen LogP) is 4.25. The van der Waals surface area contributed by atoms with Crippen molar-refractivity contribution in [2.24, 2.45) is 0 Å². The van der Waals surface area contributed by atoms with Gasteiger partial charge in [-0.25, -0.2) is 9.97 Å². The number of pyridine rings is 1. The molecule has 0 saturated carbocycles. The first-order valence-corrected chi connectivity index (χ1v) is 7.38. The lowest BCUT2D eigenvalue weighted by Gasteiger charge is -2.13. The molecule has 0 radical (unpaired) electrons. The van der Waals surface area contributed by atoms with Gasteiger partial charge in [-0.05, 0) is 30.3 Å². The number of aromatic nitrogens is 3. The summed E-state index contributed by atoms with van der Waals surface area (Å²) >= 11 is 12.1. The molecule has 0 spiro atoms. The van der Waals surface area contributed by atoms with Crippen molar-refractivity contribution in [3.63, 3.8) is 0 Å². The number of anilines is 5. The molecule has 8 heteroatoms. The van der Waals surface area contributed by atoms with E-state index < -0.39 is 0 Å². The van der Waals surface area contributed by atoms with Crippen LogP contribution < -0.4 is 16.4 Å². The molecule has 4 N–H and O–H groups in total. The number of nitrogen functional groups attached to an aromatic ring is 1. The van der Waals surface area contributed by atoms with Gasteiger partial charge in [0, 0.05) is 23.1 Å². The lowest BCUT2D eigenvalue weighted by Crippen LogP contribution is -2.05. The van der Waals surface area contributed by atoms with E-state index in [0.717, 1.165) is 5.69 Å². The molecule has 0 aliphatic rings. The van der Waals surface area contributed by atoms with Crippen LogP contribution >= 0.6 is 23.2 Å². The Bertz CT molecular complexity index is 825. The molecule has 0 aliphatic heterocycles. The number of rotatable bonds is 4. The Morgan fingerprint density at radius 3 is 2.35 bits per heavy atom. The highest BCUT2D eigenvalue weighted by molar-refractivity contribution is 6.35. The quantitative estimate of drug-likeness (QED) is 0.654. The highest BCUT2D eigenvalue weighted by Gasteiger charge is 2.10. The monoisotopic (exact) mass is 346 g/mol. The fraction of sp³-hybridized carbons (Fsp3) is 0. The molecule has 3 aromatic rings. The van der Waals surface area contributed by atoms with Crippen molar-refractivity contribution < 1.29 is 0 Å². The molecule has 0 saturated heterocycles. The third-order valence-electron chi connectivity index (χ3n) is 3.01. The number of nitrogens with two attached hydrogens (primary N) is 1. The van der Waals surface area contributed by atoms with E-state index in [1.54, 1.807) is 30.6 Å². The van der Waals surface area contributed by atoms with Crippen LogP contribution in [0.3, 0.4) is 0 Å². The highest BCUT2D eigenvalue weighted by Crippen LogP contribution is 2.32. The van der Waals surface area contributed by atoms with Crippen LogP contribution in [0.1, 0.15) is 0 Å². The average Bonchev–Trinajstić information content (AvgIpc) is 2.55. The summed E-state index contributed by atoms with van der Waals surface area (Å²) < 4.78 is 0. The van der Waals surface area contributed by atoms with Crippen molar-refractivity contribution in [1.29, 1.82) is 0 Å². The van der Waals surface area contributed by atoms with Gasteiger partial charge in [0.05, 0.1) is 10.7 Å². The molecular weight excluding hydrogens is 335 g/mol. The number of hydrogen-bond acceptors (Lipinski definition) is 6. The molecule has 1 aromatic carbocycles. The van der Waals surface area contributed by atoms with Gasteiger partial charge in [-0.15, -0.1) is 0 Å². The Labute approximate surface area is 142 Å². The highest BCUT2D eigenvalue weighted by atomic mass is 35.5. The fourth-order valence-electron chi connectivity index (χ4n) is 1.89. The van der Waals surface area contributed by atoms with Crippen molar-refractivity contribution in [3.05, 3.63) is 59.1 Å². The SMILES string of the molecule is Nc1c(Nc2ccncc2)ncnc1Nc1cc(Cl)ccc1Cl. The predicted molar refractivity (Wildman–Crippen MR) is 93.7 cm³/mol. The minimum absolute atomic E-state index is 0.361. The summed E-state index contributed by atoms with van der Waals surface area (Å²) in [6.45, 7) is 0. The smallest absolute Gasteiger partial charge is 0.159 e. The zero-order valence-corrected chi connectivity index (χ0v) is 13.3. The number of benzene rings is 1. The molecule has 0 bridgehead atoms. The Kier molecular flexibility index (Phi) is 4.45. The Hall–Kier alpha value is -2.57. The molecule has 2 heterocycles. The summed E-state index contributed by atoms with van der Waals surface area (Å²) in [5.41, 5.74) is 7.91. The van der Waals surface area contributed by atoms with Gasteiger partial charge in [-0.1, -0.05) is 23.2 Å². The van der Waals surface area contributed by atoms with Crippen LogP contribution in [0.4, 0.5) is 28.7 Å². The van der Waals surface area contributed by atoms with E-state index in [0.29, 0.717) is 33.1 Å².